The lowest BCUT2D eigenvalue weighted by Crippen LogP contribution is -1.87. The molecule has 0 radical (unpaired) electrons. The van der Waals surface area contributed by atoms with E-state index in [0.29, 0.717) is 10.3 Å². The molecule has 0 aliphatic carbocycles. The van der Waals surface area contributed by atoms with Crippen LogP contribution in [0.2, 0.25) is 0 Å². The van der Waals surface area contributed by atoms with Crippen LogP contribution in [0.3, 0.4) is 0 Å². The molecule has 0 saturated carbocycles. The van der Waals surface area contributed by atoms with Crippen LogP contribution in [0.25, 0.3) is 11.3 Å². The van der Waals surface area contributed by atoms with Crippen molar-refractivity contribution in [3.63, 3.8) is 0 Å². The van der Waals surface area contributed by atoms with Crippen LogP contribution in [0.1, 0.15) is 13.8 Å². The number of aromatic nitrogens is 1. The zero-order chi connectivity index (χ0) is 12.4. The predicted molar refractivity (Wildman–Crippen MR) is 72.9 cm³/mol. The minimum atomic E-state index is -0.251. The predicted octanol–water partition coefficient (Wildman–Crippen LogP) is 4.03. The number of rotatable bonds is 3. The summed E-state index contributed by atoms with van der Waals surface area (Å²) in [6.45, 7) is 4.22. The molecule has 2 aromatic rings. The number of thioether (sulfide) groups is 1. The standard InChI is InChI=1S/C12H13FN2S2/c1-7(2)16-12-15-10(11(14)17-12)8-3-5-9(13)6-4-8/h3-7H,14H2,1-2H3. The van der Waals surface area contributed by atoms with Crippen molar-refractivity contribution in [1.29, 1.82) is 0 Å². The second kappa shape index (κ2) is 5.06. The van der Waals surface area contributed by atoms with Crippen molar-refractivity contribution in [2.75, 3.05) is 5.73 Å². The highest BCUT2D eigenvalue weighted by atomic mass is 32.2. The quantitative estimate of drug-likeness (QED) is 0.854. The summed E-state index contributed by atoms with van der Waals surface area (Å²) in [6.07, 6.45) is 0. The molecular weight excluding hydrogens is 255 g/mol. The monoisotopic (exact) mass is 268 g/mol. The Kier molecular flexibility index (Phi) is 3.69. The van der Waals surface area contributed by atoms with E-state index in [4.69, 9.17) is 5.73 Å². The summed E-state index contributed by atoms with van der Waals surface area (Å²) in [7, 11) is 0. The normalized spacial score (nSPS) is 11.1. The Morgan fingerprint density at radius 2 is 1.94 bits per heavy atom. The summed E-state index contributed by atoms with van der Waals surface area (Å²) in [5.41, 5.74) is 7.54. The molecule has 1 heterocycles. The average Bonchev–Trinajstić information content (AvgIpc) is 2.59. The number of nitrogen functional groups attached to an aromatic ring is 1. The van der Waals surface area contributed by atoms with E-state index >= 15 is 0 Å². The molecule has 0 atom stereocenters. The average molecular weight is 268 g/mol. The molecule has 0 amide bonds. The third-order valence-electron chi connectivity index (χ3n) is 2.09. The highest BCUT2D eigenvalue weighted by Gasteiger charge is 2.12. The number of thiazole rings is 1. The number of halogens is 1. The molecule has 1 aromatic carbocycles. The number of anilines is 1. The zero-order valence-electron chi connectivity index (χ0n) is 9.61. The van der Waals surface area contributed by atoms with Gasteiger partial charge in [-0.2, -0.15) is 0 Å². The van der Waals surface area contributed by atoms with Gasteiger partial charge in [-0.3, -0.25) is 0 Å². The molecule has 0 fully saturated rings. The maximum absolute atomic E-state index is 12.8. The summed E-state index contributed by atoms with van der Waals surface area (Å²) in [4.78, 5) is 4.48. The van der Waals surface area contributed by atoms with Crippen LogP contribution in [-0.4, -0.2) is 10.2 Å². The summed E-state index contributed by atoms with van der Waals surface area (Å²) < 4.78 is 13.8. The first kappa shape index (κ1) is 12.4. The Bertz CT molecular complexity index is 506. The fourth-order valence-corrected chi connectivity index (χ4v) is 3.55. The van der Waals surface area contributed by atoms with Crippen molar-refractivity contribution >= 4 is 28.1 Å². The van der Waals surface area contributed by atoms with E-state index in [1.165, 1.54) is 23.5 Å². The summed E-state index contributed by atoms with van der Waals surface area (Å²) >= 11 is 3.16. The molecule has 17 heavy (non-hydrogen) atoms. The van der Waals surface area contributed by atoms with Crippen LogP contribution in [0.15, 0.2) is 28.6 Å². The molecule has 0 aliphatic rings. The van der Waals surface area contributed by atoms with E-state index in [1.807, 2.05) is 0 Å². The molecule has 2 nitrogen and oxygen atoms in total. The second-order valence-corrected chi connectivity index (χ2v) is 6.72. The van der Waals surface area contributed by atoms with Gasteiger partial charge in [0.2, 0.25) is 0 Å². The Balaban J connectivity index is 2.32. The van der Waals surface area contributed by atoms with E-state index in [1.54, 1.807) is 23.9 Å². The first-order valence-corrected chi connectivity index (χ1v) is 6.95. The lowest BCUT2D eigenvalue weighted by molar-refractivity contribution is 0.628. The maximum Gasteiger partial charge on any atom is 0.152 e. The van der Waals surface area contributed by atoms with Gasteiger partial charge in [0.1, 0.15) is 16.5 Å². The van der Waals surface area contributed by atoms with E-state index in [9.17, 15) is 4.39 Å². The van der Waals surface area contributed by atoms with Crippen molar-refractivity contribution in [3.05, 3.63) is 30.1 Å². The molecule has 0 saturated heterocycles. The number of benzene rings is 1. The van der Waals surface area contributed by atoms with Gasteiger partial charge in [0.25, 0.3) is 0 Å². The van der Waals surface area contributed by atoms with Crippen molar-refractivity contribution in [1.82, 2.24) is 4.98 Å². The lowest BCUT2D eigenvalue weighted by atomic mass is 10.2. The van der Waals surface area contributed by atoms with Gasteiger partial charge in [-0.25, -0.2) is 9.37 Å². The van der Waals surface area contributed by atoms with Crippen LogP contribution >= 0.6 is 23.1 Å². The Hall–Kier alpha value is -1.07. The molecule has 2 N–H and O–H groups in total. The fourth-order valence-electron chi connectivity index (χ4n) is 1.38. The van der Waals surface area contributed by atoms with Crippen LogP contribution in [-0.2, 0) is 0 Å². The highest BCUT2D eigenvalue weighted by Crippen LogP contribution is 2.36. The Morgan fingerprint density at radius 3 is 2.53 bits per heavy atom. The fraction of sp³-hybridized carbons (Fsp3) is 0.250. The van der Waals surface area contributed by atoms with Crippen LogP contribution < -0.4 is 5.73 Å². The molecule has 0 bridgehead atoms. The van der Waals surface area contributed by atoms with Crippen molar-refractivity contribution in [2.45, 2.75) is 23.4 Å². The number of hydrogen-bond acceptors (Lipinski definition) is 4. The molecular formula is C12H13FN2S2. The summed E-state index contributed by atoms with van der Waals surface area (Å²) in [5.74, 6) is -0.251. The smallest absolute Gasteiger partial charge is 0.152 e. The third kappa shape index (κ3) is 2.98. The van der Waals surface area contributed by atoms with Gasteiger partial charge in [-0.05, 0) is 24.3 Å². The molecule has 0 aliphatic heterocycles. The van der Waals surface area contributed by atoms with Crippen molar-refractivity contribution < 1.29 is 4.39 Å². The number of nitrogens with two attached hydrogens (primary N) is 1. The van der Waals surface area contributed by atoms with E-state index < -0.39 is 0 Å². The van der Waals surface area contributed by atoms with Gasteiger partial charge < -0.3 is 5.73 Å². The summed E-state index contributed by atoms with van der Waals surface area (Å²) in [5, 5.41) is 1.15. The SMILES string of the molecule is CC(C)Sc1nc(-c2ccc(F)cc2)c(N)s1. The molecule has 0 spiro atoms. The minimum Gasteiger partial charge on any atom is -0.389 e. The number of nitrogens with zero attached hydrogens (tertiary/aromatic N) is 1. The van der Waals surface area contributed by atoms with Gasteiger partial charge in [0.05, 0.1) is 0 Å². The largest absolute Gasteiger partial charge is 0.389 e. The molecule has 1 aromatic heterocycles. The highest BCUT2D eigenvalue weighted by molar-refractivity contribution is 8.01. The molecule has 2 rings (SSSR count). The third-order valence-corrected chi connectivity index (χ3v) is 4.07. The van der Waals surface area contributed by atoms with Gasteiger partial charge in [-0.15, -0.1) is 0 Å². The molecule has 90 valence electrons. The first-order chi connectivity index (χ1) is 8.06. The van der Waals surface area contributed by atoms with E-state index in [2.05, 4.69) is 18.8 Å². The number of hydrogen-bond donors (Lipinski definition) is 1. The van der Waals surface area contributed by atoms with E-state index in [0.717, 1.165) is 15.6 Å². The molecule has 5 heteroatoms. The van der Waals surface area contributed by atoms with Crippen LogP contribution in [0, 0.1) is 5.82 Å². The minimum absolute atomic E-state index is 0.251. The molecule has 0 unspecified atom stereocenters. The zero-order valence-corrected chi connectivity index (χ0v) is 11.2. The summed E-state index contributed by atoms with van der Waals surface area (Å²) in [6, 6.07) is 6.24. The van der Waals surface area contributed by atoms with Gasteiger partial charge in [0.15, 0.2) is 4.34 Å². The lowest BCUT2D eigenvalue weighted by Gasteiger charge is -1.99. The van der Waals surface area contributed by atoms with Crippen LogP contribution in [0.4, 0.5) is 9.39 Å². The second-order valence-electron chi connectivity index (χ2n) is 3.87. The maximum atomic E-state index is 12.8. The van der Waals surface area contributed by atoms with Gasteiger partial charge in [-0.1, -0.05) is 36.9 Å². The topological polar surface area (TPSA) is 38.9 Å². The first-order valence-electron chi connectivity index (χ1n) is 5.25. The Labute approximate surface area is 108 Å². The van der Waals surface area contributed by atoms with Gasteiger partial charge >= 0.3 is 0 Å². The van der Waals surface area contributed by atoms with Crippen molar-refractivity contribution in [3.8, 4) is 11.3 Å². The van der Waals surface area contributed by atoms with Gasteiger partial charge in [0, 0.05) is 10.8 Å². The van der Waals surface area contributed by atoms with E-state index in [-0.39, 0.29) is 5.82 Å². The van der Waals surface area contributed by atoms with Crippen molar-refractivity contribution in [2.24, 2.45) is 0 Å². The van der Waals surface area contributed by atoms with Crippen LogP contribution in [0.5, 0.6) is 0 Å². The Morgan fingerprint density at radius 1 is 1.29 bits per heavy atom.